The first-order valence-electron chi connectivity index (χ1n) is 10.8. The van der Waals surface area contributed by atoms with Gasteiger partial charge in [0.15, 0.2) is 5.30 Å². The molecule has 1 heterocycles. The van der Waals surface area contributed by atoms with Gasteiger partial charge < -0.3 is 0 Å². The average molecular weight is 435 g/mol. The lowest BCUT2D eigenvalue weighted by Gasteiger charge is -2.34. The van der Waals surface area contributed by atoms with Gasteiger partial charge in [0.05, 0.1) is 11.4 Å². The molecule has 5 aromatic carbocycles. The molecule has 0 aromatic heterocycles. The van der Waals surface area contributed by atoms with Crippen molar-refractivity contribution in [2.24, 2.45) is 0 Å². The summed E-state index contributed by atoms with van der Waals surface area (Å²) in [6.45, 7) is 0. The van der Waals surface area contributed by atoms with Gasteiger partial charge in [0.1, 0.15) is 0 Å². The molecule has 0 spiro atoms. The van der Waals surface area contributed by atoms with Crippen molar-refractivity contribution in [1.82, 2.24) is 0 Å². The largest absolute Gasteiger partial charge is 0.366 e. The fourth-order valence-electron chi connectivity index (χ4n) is 5.06. The van der Waals surface area contributed by atoms with E-state index in [1.165, 1.54) is 32.7 Å². The molecule has 0 saturated heterocycles. The van der Waals surface area contributed by atoms with Crippen LogP contribution in [0.2, 0.25) is 0 Å². The Balaban J connectivity index is 1.82. The first-order valence-corrected chi connectivity index (χ1v) is 12.4. The van der Waals surface area contributed by atoms with Gasteiger partial charge in [-0.2, -0.15) is 4.89 Å². The van der Waals surface area contributed by atoms with Crippen LogP contribution in [0, 0.1) is 0 Å². The molecular weight excluding hydrogens is 411 g/mol. The maximum Gasteiger partial charge on any atom is 0.366 e. The van der Waals surface area contributed by atoms with Crippen molar-refractivity contribution >= 4 is 46.0 Å². The molecule has 4 heteroatoms. The number of hydrogen-bond acceptors (Lipinski definition) is 3. The van der Waals surface area contributed by atoms with Crippen molar-refractivity contribution in [2.75, 3.05) is 23.4 Å². The lowest BCUT2D eigenvalue weighted by atomic mass is 9.91. The van der Waals surface area contributed by atoms with Gasteiger partial charge in [0, 0.05) is 25.2 Å². The number of benzene rings is 5. The fraction of sp³-hybridized carbons (Fsp3) is 0.0714. The third-order valence-corrected chi connectivity index (χ3v) is 9.80. The molecule has 32 heavy (non-hydrogen) atoms. The number of nitrogens with zero attached hydrogens (tertiary/aromatic N) is 2. The van der Waals surface area contributed by atoms with Crippen molar-refractivity contribution < 1.29 is 4.89 Å². The van der Waals surface area contributed by atoms with Crippen molar-refractivity contribution in [3.05, 3.63) is 103 Å². The summed E-state index contributed by atoms with van der Waals surface area (Å²) in [5.41, 5.74) is 4.45. The summed E-state index contributed by atoms with van der Waals surface area (Å²) >= 11 is 0. The number of fused-ring (bicyclic) bond motifs is 7. The second-order valence-corrected chi connectivity index (χ2v) is 11.2. The lowest BCUT2D eigenvalue weighted by Crippen LogP contribution is -2.37. The van der Waals surface area contributed by atoms with E-state index in [1.54, 1.807) is 0 Å². The second kappa shape index (κ2) is 7.06. The van der Waals surface area contributed by atoms with Crippen LogP contribution in [-0.4, -0.2) is 19.0 Å². The molecule has 1 N–H and O–H groups in total. The number of rotatable bonds is 1. The summed E-state index contributed by atoms with van der Waals surface area (Å²) in [7, 11) is 1.16. The molecule has 0 bridgehead atoms. The Bertz CT molecular complexity index is 1390. The number of hydrogen-bond donors (Lipinski definition) is 1. The summed E-state index contributed by atoms with van der Waals surface area (Å²) < 4.78 is 4.22. The Morgan fingerprint density at radius 1 is 0.531 bits per heavy atom. The summed E-state index contributed by atoms with van der Waals surface area (Å²) in [4.78, 5) is 12.5. The van der Waals surface area contributed by atoms with E-state index in [-0.39, 0.29) is 0 Å². The van der Waals surface area contributed by atoms with Crippen LogP contribution in [0.1, 0.15) is 0 Å². The molecular formula is C28H24N2OP+. The average Bonchev–Trinajstić information content (AvgIpc) is 2.93. The Labute approximate surface area is 188 Å². The van der Waals surface area contributed by atoms with Gasteiger partial charge in [-0.05, 0) is 45.8 Å². The summed E-state index contributed by atoms with van der Waals surface area (Å²) in [5, 5.41) is 5.73. The molecule has 1 aliphatic rings. The molecule has 1 aliphatic heterocycles. The molecule has 0 aliphatic carbocycles. The first kappa shape index (κ1) is 19.3. The van der Waals surface area contributed by atoms with Crippen molar-refractivity contribution in [1.29, 1.82) is 0 Å². The molecule has 3 nitrogen and oxygen atoms in total. The quantitative estimate of drug-likeness (QED) is 0.300. The van der Waals surface area contributed by atoms with Crippen molar-refractivity contribution in [3.63, 3.8) is 0 Å². The molecule has 0 atom stereocenters. The minimum atomic E-state index is -2.90. The molecule has 5 aromatic rings. The summed E-state index contributed by atoms with van der Waals surface area (Å²) in [6.07, 6.45) is 0. The maximum absolute atomic E-state index is 12.5. The lowest BCUT2D eigenvalue weighted by molar-refractivity contribution is 0.605. The standard InChI is InChI=1S/C28H24N2OP/c1-29-25-18-16-20-10-6-8-14-23(20)27(25)28-24-15-9-7-11-21(24)17-19-26(28)30(2)32(29,31)22-12-4-3-5-13-22/h3-19,31H,1-2H3/q+1. The van der Waals surface area contributed by atoms with Crippen LogP contribution in [0.3, 0.4) is 0 Å². The van der Waals surface area contributed by atoms with E-state index in [9.17, 15) is 4.89 Å². The van der Waals surface area contributed by atoms with Crippen LogP contribution in [0.25, 0.3) is 32.7 Å². The number of anilines is 2. The first-order chi connectivity index (χ1) is 15.6. The van der Waals surface area contributed by atoms with Crippen LogP contribution in [0.5, 0.6) is 0 Å². The van der Waals surface area contributed by atoms with Crippen LogP contribution in [0.4, 0.5) is 11.4 Å². The molecule has 0 saturated carbocycles. The minimum absolute atomic E-state index is 0.935. The second-order valence-electron chi connectivity index (χ2n) is 8.31. The molecule has 156 valence electrons. The van der Waals surface area contributed by atoms with E-state index >= 15 is 0 Å². The molecule has 0 unspecified atom stereocenters. The Morgan fingerprint density at radius 3 is 1.47 bits per heavy atom. The fourth-order valence-corrected chi connectivity index (χ4v) is 7.66. The van der Waals surface area contributed by atoms with Gasteiger partial charge in [0.25, 0.3) is 0 Å². The monoisotopic (exact) mass is 435 g/mol. The Kier molecular flexibility index (Phi) is 4.26. The zero-order valence-electron chi connectivity index (χ0n) is 18.1. The summed E-state index contributed by atoms with van der Waals surface area (Å²) in [5.74, 6) is 0. The van der Waals surface area contributed by atoms with Crippen LogP contribution in [-0.2, 0) is 0 Å². The van der Waals surface area contributed by atoms with Gasteiger partial charge in [-0.3, -0.25) is 0 Å². The molecule has 0 fully saturated rings. The highest BCUT2D eigenvalue weighted by molar-refractivity contribution is 7.80. The van der Waals surface area contributed by atoms with Gasteiger partial charge >= 0.3 is 7.79 Å². The van der Waals surface area contributed by atoms with Gasteiger partial charge in [-0.1, -0.05) is 78.9 Å². The van der Waals surface area contributed by atoms with E-state index in [4.69, 9.17) is 0 Å². The van der Waals surface area contributed by atoms with Gasteiger partial charge in [0.2, 0.25) is 0 Å². The summed E-state index contributed by atoms with van der Waals surface area (Å²) in [6, 6.07) is 35.8. The highest BCUT2D eigenvalue weighted by Gasteiger charge is 2.53. The zero-order chi connectivity index (χ0) is 21.9. The highest BCUT2D eigenvalue weighted by atomic mass is 31.2. The van der Waals surface area contributed by atoms with E-state index in [0.717, 1.165) is 16.7 Å². The molecule has 0 radical (unpaired) electrons. The normalized spacial score (nSPS) is 14.8. The van der Waals surface area contributed by atoms with E-state index in [2.05, 4.69) is 82.1 Å². The predicted molar refractivity (Wildman–Crippen MR) is 139 cm³/mol. The highest BCUT2D eigenvalue weighted by Crippen LogP contribution is 2.66. The van der Waals surface area contributed by atoms with E-state index in [0.29, 0.717) is 0 Å². The van der Waals surface area contributed by atoms with E-state index in [1.807, 2.05) is 44.4 Å². The van der Waals surface area contributed by atoms with Gasteiger partial charge in [-0.15, -0.1) is 0 Å². The third-order valence-electron chi connectivity index (χ3n) is 6.70. The Hall–Kier alpha value is -3.39. The van der Waals surface area contributed by atoms with Crippen molar-refractivity contribution in [2.45, 2.75) is 0 Å². The third kappa shape index (κ3) is 2.56. The van der Waals surface area contributed by atoms with Gasteiger partial charge in [-0.25, -0.2) is 9.34 Å². The van der Waals surface area contributed by atoms with Crippen LogP contribution < -0.4 is 14.6 Å². The Morgan fingerprint density at radius 2 is 0.969 bits per heavy atom. The zero-order valence-corrected chi connectivity index (χ0v) is 19.0. The maximum atomic E-state index is 12.5. The van der Waals surface area contributed by atoms with Crippen molar-refractivity contribution in [3.8, 4) is 11.1 Å². The molecule has 0 amide bonds. The smallest absolute Gasteiger partial charge is 0.202 e. The van der Waals surface area contributed by atoms with E-state index < -0.39 is 7.79 Å². The predicted octanol–water partition coefficient (Wildman–Crippen LogP) is 6.63. The topological polar surface area (TPSA) is 26.7 Å². The molecule has 6 rings (SSSR count). The minimum Gasteiger partial charge on any atom is -0.202 e. The van der Waals surface area contributed by atoms with Crippen LogP contribution in [0.15, 0.2) is 103 Å². The SMILES string of the molecule is CN1c2ccc3ccccc3c2-c2c(ccc3ccccc23)N(C)[P+]1(O)c1ccccc1. The van der Waals surface area contributed by atoms with Crippen LogP contribution >= 0.6 is 7.79 Å².